The minimum atomic E-state index is -4.52. The van der Waals surface area contributed by atoms with Gasteiger partial charge in [-0.05, 0) is 18.4 Å². The summed E-state index contributed by atoms with van der Waals surface area (Å²) >= 11 is 0. The van der Waals surface area contributed by atoms with Crippen LogP contribution in [0.5, 0.6) is 0 Å². The summed E-state index contributed by atoms with van der Waals surface area (Å²) < 4.78 is 43.7. The number of rotatable bonds is 5. The first-order valence-electron chi connectivity index (χ1n) is 7.11. The number of ether oxygens (including phenoxy) is 1. The van der Waals surface area contributed by atoms with Crippen molar-refractivity contribution in [1.29, 1.82) is 0 Å². The molecule has 2 atom stereocenters. The van der Waals surface area contributed by atoms with Gasteiger partial charge in [0.2, 0.25) is 0 Å². The molecule has 4 nitrogen and oxygen atoms in total. The summed E-state index contributed by atoms with van der Waals surface area (Å²) in [7, 11) is 0. The van der Waals surface area contributed by atoms with Gasteiger partial charge in [-0.2, -0.15) is 13.2 Å². The summed E-state index contributed by atoms with van der Waals surface area (Å²) in [5, 5.41) is 6.33. The summed E-state index contributed by atoms with van der Waals surface area (Å²) in [6, 6.07) is 5.99. The van der Waals surface area contributed by atoms with Crippen LogP contribution in [0.4, 0.5) is 13.2 Å². The Bertz CT molecular complexity index is 683. The van der Waals surface area contributed by atoms with E-state index in [1.165, 1.54) is 12.1 Å². The molecular weight excluding hydrogens is 309 g/mol. The molecule has 0 unspecified atom stereocenters. The highest BCUT2D eigenvalue weighted by Crippen LogP contribution is 2.52. The topological polar surface area (TPSA) is 51.0 Å². The minimum Gasteiger partial charge on any atom is -0.461 e. The van der Waals surface area contributed by atoms with Gasteiger partial charge in [-0.1, -0.05) is 24.3 Å². The standard InChI is InChI=1S/C16H13F3N2O2/c1-2-3-12-13(23-14(12)22)9-6-10-4-7-11(8-5-10)15(20-21-15)16(17,18)19/h1,4-5,7-8,12-13H,3,6,9H2/t12-,13+/m1/s1. The Morgan fingerprint density at radius 3 is 2.39 bits per heavy atom. The Morgan fingerprint density at radius 2 is 1.91 bits per heavy atom. The van der Waals surface area contributed by atoms with Gasteiger partial charge in [0.15, 0.2) is 0 Å². The molecule has 0 aliphatic carbocycles. The first kappa shape index (κ1) is 15.5. The van der Waals surface area contributed by atoms with E-state index >= 15 is 0 Å². The number of aryl methyl sites for hydroxylation is 1. The average Bonchev–Trinajstić information content (AvgIpc) is 3.31. The summed E-state index contributed by atoms with van der Waals surface area (Å²) in [6.07, 6.45) is 2.00. The zero-order chi connectivity index (χ0) is 16.7. The van der Waals surface area contributed by atoms with Gasteiger partial charge in [-0.15, -0.1) is 22.6 Å². The lowest BCUT2D eigenvalue weighted by Gasteiger charge is -2.34. The number of cyclic esters (lactones) is 1. The van der Waals surface area contributed by atoms with Crippen molar-refractivity contribution >= 4 is 5.97 Å². The van der Waals surface area contributed by atoms with E-state index in [1.807, 2.05) is 0 Å². The Balaban J connectivity index is 1.59. The Hall–Kier alpha value is -2.36. The number of terminal acetylenes is 1. The van der Waals surface area contributed by atoms with Crippen LogP contribution in [-0.4, -0.2) is 18.2 Å². The fourth-order valence-electron chi connectivity index (χ4n) is 2.66. The zero-order valence-corrected chi connectivity index (χ0v) is 12.0. The molecule has 2 aliphatic rings. The molecule has 0 spiro atoms. The molecule has 3 rings (SSSR count). The van der Waals surface area contributed by atoms with Gasteiger partial charge in [0, 0.05) is 12.0 Å². The van der Waals surface area contributed by atoms with Gasteiger partial charge >= 0.3 is 17.8 Å². The second-order valence-electron chi connectivity index (χ2n) is 5.60. The van der Waals surface area contributed by atoms with Crippen LogP contribution in [0.2, 0.25) is 0 Å². The average molecular weight is 322 g/mol. The van der Waals surface area contributed by atoms with Gasteiger partial charge in [0.1, 0.15) is 12.0 Å². The number of carbonyl (C=O) groups is 1. The van der Waals surface area contributed by atoms with Gasteiger partial charge in [0.25, 0.3) is 0 Å². The van der Waals surface area contributed by atoms with Crippen LogP contribution in [0.15, 0.2) is 34.5 Å². The fourth-order valence-corrected chi connectivity index (χ4v) is 2.66. The second kappa shape index (κ2) is 5.37. The van der Waals surface area contributed by atoms with Gasteiger partial charge < -0.3 is 4.74 Å². The van der Waals surface area contributed by atoms with E-state index in [4.69, 9.17) is 11.2 Å². The van der Waals surface area contributed by atoms with E-state index in [-0.39, 0.29) is 23.6 Å². The zero-order valence-electron chi connectivity index (χ0n) is 12.0. The van der Waals surface area contributed by atoms with Gasteiger partial charge in [0.05, 0.1) is 0 Å². The van der Waals surface area contributed by atoms with Crippen molar-refractivity contribution in [2.75, 3.05) is 0 Å². The number of carbonyl (C=O) groups excluding carboxylic acids is 1. The van der Waals surface area contributed by atoms with Crippen LogP contribution in [0, 0.1) is 18.3 Å². The molecule has 7 heteroatoms. The molecule has 2 aliphatic heterocycles. The van der Waals surface area contributed by atoms with Crippen LogP contribution in [-0.2, 0) is 21.6 Å². The highest BCUT2D eigenvalue weighted by Gasteiger charge is 2.65. The molecule has 0 bridgehead atoms. The highest BCUT2D eigenvalue weighted by atomic mass is 19.4. The number of hydrogen-bond acceptors (Lipinski definition) is 4. The molecule has 1 saturated heterocycles. The lowest BCUT2D eigenvalue weighted by Crippen LogP contribution is -2.45. The number of alkyl halides is 3. The molecule has 0 N–H and O–H groups in total. The first-order valence-corrected chi connectivity index (χ1v) is 7.11. The van der Waals surface area contributed by atoms with E-state index in [9.17, 15) is 18.0 Å². The Morgan fingerprint density at radius 1 is 1.26 bits per heavy atom. The maximum Gasteiger partial charge on any atom is 0.442 e. The molecule has 23 heavy (non-hydrogen) atoms. The predicted octanol–water partition coefficient (Wildman–Crippen LogP) is 3.37. The van der Waals surface area contributed by atoms with Gasteiger partial charge in [-0.3, -0.25) is 4.79 Å². The van der Waals surface area contributed by atoms with Crippen LogP contribution < -0.4 is 0 Å². The first-order chi connectivity index (χ1) is 10.9. The molecule has 1 aromatic carbocycles. The number of hydrogen-bond donors (Lipinski definition) is 0. The molecule has 1 aromatic rings. The highest BCUT2D eigenvalue weighted by molar-refractivity contribution is 5.78. The second-order valence-corrected chi connectivity index (χ2v) is 5.60. The normalized spacial score (nSPS) is 24.5. The largest absolute Gasteiger partial charge is 0.461 e. The van der Waals surface area contributed by atoms with Crippen LogP contribution in [0.3, 0.4) is 0 Å². The number of halogens is 3. The third kappa shape index (κ3) is 2.69. The summed E-state index contributed by atoms with van der Waals surface area (Å²) in [5.74, 6) is 1.89. The quantitative estimate of drug-likeness (QED) is 0.616. The van der Waals surface area contributed by atoms with E-state index in [2.05, 4.69) is 16.1 Å². The Labute approximate surface area is 130 Å². The number of esters is 1. The lowest BCUT2D eigenvalue weighted by molar-refractivity contribution is -0.184. The lowest BCUT2D eigenvalue weighted by atomic mass is 9.89. The van der Waals surface area contributed by atoms with Crippen molar-refractivity contribution in [1.82, 2.24) is 0 Å². The molecule has 120 valence electrons. The van der Waals surface area contributed by atoms with E-state index in [0.29, 0.717) is 19.3 Å². The Kier molecular flexibility index (Phi) is 3.63. The molecule has 0 amide bonds. The van der Waals surface area contributed by atoms with Crippen molar-refractivity contribution in [2.24, 2.45) is 16.1 Å². The molecule has 0 saturated carbocycles. The molecule has 0 aromatic heterocycles. The summed E-state index contributed by atoms with van der Waals surface area (Å²) in [4.78, 5) is 11.3. The predicted molar refractivity (Wildman–Crippen MR) is 74.2 cm³/mol. The number of benzene rings is 1. The minimum absolute atomic E-state index is 0.00836. The van der Waals surface area contributed by atoms with Crippen LogP contribution in [0.25, 0.3) is 0 Å². The monoisotopic (exact) mass is 322 g/mol. The molecular formula is C16H13F3N2O2. The van der Waals surface area contributed by atoms with E-state index < -0.39 is 11.8 Å². The fraction of sp³-hybridized carbons (Fsp3) is 0.438. The summed E-state index contributed by atoms with van der Waals surface area (Å²) in [5.41, 5.74) is -1.52. The third-order valence-corrected chi connectivity index (χ3v) is 4.13. The smallest absolute Gasteiger partial charge is 0.442 e. The van der Waals surface area contributed by atoms with Crippen LogP contribution in [0.1, 0.15) is 24.0 Å². The molecule has 1 fully saturated rings. The summed E-state index contributed by atoms with van der Waals surface area (Å²) in [6.45, 7) is 0. The van der Waals surface area contributed by atoms with Gasteiger partial charge in [-0.25, -0.2) is 0 Å². The maximum atomic E-state index is 12.9. The van der Waals surface area contributed by atoms with E-state index in [1.54, 1.807) is 12.1 Å². The van der Waals surface area contributed by atoms with Crippen molar-refractivity contribution in [3.05, 3.63) is 35.4 Å². The SMILES string of the molecule is C#CC[C@H]1C(=O)O[C@H]1CCc1ccc(C2(C(F)(F)F)N=N2)cc1. The van der Waals surface area contributed by atoms with Crippen molar-refractivity contribution in [3.8, 4) is 12.3 Å². The molecule has 2 heterocycles. The van der Waals surface area contributed by atoms with E-state index in [0.717, 1.165) is 5.56 Å². The third-order valence-electron chi connectivity index (χ3n) is 4.13. The van der Waals surface area contributed by atoms with Crippen LogP contribution >= 0.6 is 0 Å². The van der Waals surface area contributed by atoms with Crippen molar-refractivity contribution in [3.63, 3.8) is 0 Å². The number of nitrogens with zero attached hydrogens (tertiary/aromatic N) is 2. The molecule has 0 radical (unpaired) electrons. The maximum absolute atomic E-state index is 12.9. The van der Waals surface area contributed by atoms with Crippen molar-refractivity contribution < 1.29 is 22.7 Å². The van der Waals surface area contributed by atoms with Crippen molar-refractivity contribution in [2.45, 2.75) is 37.2 Å².